The zero-order valence-corrected chi connectivity index (χ0v) is 13.0. The second-order valence-electron chi connectivity index (χ2n) is 5.75. The summed E-state index contributed by atoms with van der Waals surface area (Å²) in [6, 6.07) is 0. The van der Waals surface area contributed by atoms with Gasteiger partial charge in [0.25, 0.3) is 11.8 Å². The fourth-order valence-electron chi connectivity index (χ4n) is 2.87. The van der Waals surface area contributed by atoms with Crippen molar-refractivity contribution in [1.82, 2.24) is 20.1 Å². The van der Waals surface area contributed by atoms with Crippen LogP contribution in [0.4, 0.5) is 0 Å². The number of carbonyl (C=O) groups is 2. The molecule has 2 amide bonds. The maximum atomic E-state index is 12.3. The van der Waals surface area contributed by atoms with E-state index in [9.17, 15) is 9.59 Å². The quantitative estimate of drug-likeness (QED) is 0.885. The number of nitrogens with zero attached hydrogens (tertiary/aromatic N) is 3. The first-order chi connectivity index (χ1) is 10.5. The second-order valence-corrected chi connectivity index (χ2v) is 6.47. The van der Waals surface area contributed by atoms with Gasteiger partial charge in [-0.1, -0.05) is 6.92 Å². The number of hydrogen-bond donors (Lipinski definition) is 2. The third kappa shape index (κ3) is 2.50. The SMILES string of the molecule is CC1(c2[nH]ncc2C(N)=O)CCN(C(=O)c2cscn2)CC1. The highest BCUT2D eigenvalue weighted by Gasteiger charge is 2.37. The summed E-state index contributed by atoms with van der Waals surface area (Å²) in [4.78, 5) is 29.7. The number of aromatic nitrogens is 3. The van der Waals surface area contributed by atoms with Gasteiger partial charge < -0.3 is 10.6 Å². The van der Waals surface area contributed by atoms with E-state index in [0.717, 1.165) is 18.5 Å². The van der Waals surface area contributed by atoms with Crippen LogP contribution in [0.15, 0.2) is 17.1 Å². The largest absolute Gasteiger partial charge is 0.365 e. The van der Waals surface area contributed by atoms with E-state index < -0.39 is 5.91 Å². The summed E-state index contributed by atoms with van der Waals surface area (Å²) in [7, 11) is 0. The minimum absolute atomic E-state index is 0.0389. The number of nitrogens with two attached hydrogens (primary N) is 1. The molecule has 0 spiro atoms. The molecule has 2 aromatic heterocycles. The van der Waals surface area contributed by atoms with Crippen LogP contribution in [0.3, 0.4) is 0 Å². The minimum Gasteiger partial charge on any atom is -0.365 e. The van der Waals surface area contributed by atoms with Crippen molar-refractivity contribution >= 4 is 23.2 Å². The monoisotopic (exact) mass is 319 g/mol. The molecule has 3 heterocycles. The Morgan fingerprint density at radius 1 is 1.41 bits per heavy atom. The Hall–Kier alpha value is -2.22. The molecule has 3 rings (SSSR count). The maximum absolute atomic E-state index is 12.3. The van der Waals surface area contributed by atoms with E-state index in [1.165, 1.54) is 17.5 Å². The highest BCUT2D eigenvalue weighted by atomic mass is 32.1. The van der Waals surface area contributed by atoms with Gasteiger partial charge in [0.05, 0.1) is 23.0 Å². The van der Waals surface area contributed by atoms with Crippen LogP contribution in [-0.4, -0.2) is 45.0 Å². The molecule has 1 fully saturated rings. The van der Waals surface area contributed by atoms with Crippen molar-refractivity contribution in [2.24, 2.45) is 5.73 Å². The number of rotatable bonds is 3. The molecule has 0 saturated carbocycles. The molecule has 8 heteroatoms. The second kappa shape index (κ2) is 5.53. The van der Waals surface area contributed by atoms with Gasteiger partial charge in [-0.25, -0.2) is 4.98 Å². The van der Waals surface area contributed by atoms with Crippen molar-refractivity contribution in [2.45, 2.75) is 25.2 Å². The number of likely N-dealkylation sites (tertiary alicyclic amines) is 1. The first kappa shape index (κ1) is 14.7. The van der Waals surface area contributed by atoms with E-state index in [2.05, 4.69) is 22.1 Å². The predicted octanol–water partition coefficient (Wildman–Crippen LogP) is 1.16. The van der Waals surface area contributed by atoms with E-state index in [4.69, 9.17) is 5.73 Å². The van der Waals surface area contributed by atoms with Crippen LogP contribution in [0.2, 0.25) is 0 Å². The molecule has 1 saturated heterocycles. The van der Waals surface area contributed by atoms with E-state index >= 15 is 0 Å². The molecule has 0 bridgehead atoms. The zero-order chi connectivity index (χ0) is 15.7. The predicted molar refractivity (Wildman–Crippen MR) is 81.7 cm³/mol. The van der Waals surface area contributed by atoms with Crippen LogP contribution in [0.1, 0.15) is 46.3 Å². The van der Waals surface area contributed by atoms with Crippen molar-refractivity contribution in [3.8, 4) is 0 Å². The summed E-state index contributed by atoms with van der Waals surface area (Å²) in [6.07, 6.45) is 2.95. The van der Waals surface area contributed by atoms with E-state index in [1.54, 1.807) is 15.8 Å². The highest BCUT2D eigenvalue weighted by molar-refractivity contribution is 7.07. The molecule has 116 valence electrons. The molecule has 22 heavy (non-hydrogen) atoms. The number of thiazole rings is 1. The summed E-state index contributed by atoms with van der Waals surface area (Å²) < 4.78 is 0. The molecule has 0 radical (unpaired) electrons. The molecule has 7 nitrogen and oxygen atoms in total. The Labute approximate surface area is 131 Å². The lowest BCUT2D eigenvalue weighted by molar-refractivity contribution is 0.0666. The summed E-state index contributed by atoms with van der Waals surface area (Å²) >= 11 is 1.41. The fraction of sp³-hybridized carbons (Fsp3) is 0.429. The normalized spacial score (nSPS) is 17.4. The summed E-state index contributed by atoms with van der Waals surface area (Å²) in [6.45, 7) is 3.30. The molecule has 2 aromatic rings. The van der Waals surface area contributed by atoms with Crippen molar-refractivity contribution in [3.63, 3.8) is 0 Å². The third-order valence-electron chi connectivity index (χ3n) is 4.31. The fourth-order valence-corrected chi connectivity index (χ4v) is 3.39. The first-order valence-corrected chi connectivity index (χ1v) is 7.97. The van der Waals surface area contributed by atoms with Gasteiger partial charge >= 0.3 is 0 Å². The number of amides is 2. The highest BCUT2D eigenvalue weighted by Crippen LogP contribution is 2.35. The average Bonchev–Trinajstić information content (AvgIpc) is 3.19. The van der Waals surface area contributed by atoms with Crippen LogP contribution in [-0.2, 0) is 5.41 Å². The lowest BCUT2D eigenvalue weighted by Crippen LogP contribution is -2.44. The van der Waals surface area contributed by atoms with Gasteiger partial charge in [-0.05, 0) is 12.8 Å². The number of H-pyrrole nitrogens is 1. The van der Waals surface area contributed by atoms with Crippen LogP contribution in [0.25, 0.3) is 0 Å². The standard InChI is InChI=1S/C14H17N5O2S/c1-14(11-9(12(15)20)6-17-18-11)2-4-19(5-3-14)13(21)10-7-22-8-16-10/h6-8H,2-5H2,1H3,(H2,15,20)(H,17,18). The van der Waals surface area contributed by atoms with Crippen molar-refractivity contribution < 1.29 is 9.59 Å². The molecular weight excluding hydrogens is 302 g/mol. The van der Waals surface area contributed by atoms with Crippen molar-refractivity contribution in [2.75, 3.05) is 13.1 Å². The van der Waals surface area contributed by atoms with Gasteiger partial charge in [-0.2, -0.15) is 5.10 Å². The number of primary amides is 1. The Morgan fingerprint density at radius 3 is 2.73 bits per heavy atom. The Bertz CT molecular complexity index is 686. The van der Waals surface area contributed by atoms with Gasteiger partial charge in [0, 0.05) is 23.9 Å². The number of aromatic amines is 1. The molecule has 0 aliphatic carbocycles. The topological polar surface area (TPSA) is 105 Å². The average molecular weight is 319 g/mol. The minimum atomic E-state index is -0.481. The number of nitrogens with one attached hydrogen (secondary N) is 1. The third-order valence-corrected chi connectivity index (χ3v) is 4.90. The van der Waals surface area contributed by atoms with Crippen LogP contribution < -0.4 is 5.73 Å². The Morgan fingerprint density at radius 2 is 2.14 bits per heavy atom. The lowest BCUT2D eigenvalue weighted by atomic mass is 9.76. The van der Waals surface area contributed by atoms with Crippen LogP contribution in [0.5, 0.6) is 0 Å². The van der Waals surface area contributed by atoms with Crippen molar-refractivity contribution in [3.05, 3.63) is 34.0 Å². The van der Waals surface area contributed by atoms with Gasteiger partial charge in [-0.3, -0.25) is 14.7 Å². The molecule has 0 aromatic carbocycles. The summed E-state index contributed by atoms with van der Waals surface area (Å²) in [5, 5.41) is 8.61. The molecule has 0 unspecified atom stereocenters. The van der Waals surface area contributed by atoms with Crippen LogP contribution in [0, 0.1) is 0 Å². The Balaban J connectivity index is 1.74. The smallest absolute Gasteiger partial charge is 0.273 e. The van der Waals surface area contributed by atoms with E-state index in [1.807, 2.05) is 0 Å². The van der Waals surface area contributed by atoms with Gasteiger partial charge in [0.2, 0.25) is 0 Å². The van der Waals surface area contributed by atoms with Gasteiger partial charge in [0.1, 0.15) is 5.69 Å². The Kier molecular flexibility index (Phi) is 3.69. The molecule has 0 atom stereocenters. The number of carbonyl (C=O) groups excluding carboxylic acids is 2. The molecular formula is C14H17N5O2S. The van der Waals surface area contributed by atoms with E-state index in [-0.39, 0.29) is 11.3 Å². The maximum Gasteiger partial charge on any atom is 0.273 e. The molecule has 1 aliphatic heterocycles. The van der Waals surface area contributed by atoms with Crippen LogP contribution >= 0.6 is 11.3 Å². The van der Waals surface area contributed by atoms with Crippen molar-refractivity contribution in [1.29, 1.82) is 0 Å². The number of hydrogen-bond acceptors (Lipinski definition) is 5. The van der Waals surface area contributed by atoms with E-state index in [0.29, 0.717) is 24.3 Å². The zero-order valence-electron chi connectivity index (χ0n) is 12.2. The summed E-state index contributed by atoms with van der Waals surface area (Å²) in [5.74, 6) is -0.519. The van der Waals surface area contributed by atoms with Gasteiger partial charge in [-0.15, -0.1) is 11.3 Å². The molecule has 3 N–H and O–H groups in total. The first-order valence-electron chi connectivity index (χ1n) is 7.02. The van der Waals surface area contributed by atoms with Gasteiger partial charge in [0.15, 0.2) is 0 Å². The number of piperidine rings is 1. The summed E-state index contributed by atoms with van der Waals surface area (Å²) in [5.41, 5.74) is 8.51. The lowest BCUT2D eigenvalue weighted by Gasteiger charge is -2.38. The molecule has 1 aliphatic rings.